The van der Waals surface area contributed by atoms with Crippen LogP contribution in [0.1, 0.15) is 30.2 Å². The summed E-state index contributed by atoms with van der Waals surface area (Å²) in [5.74, 6) is -1.88. The van der Waals surface area contributed by atoms with E-state index < -0.39 is 43.3 Å². The van der Waals surface area contributed by atoms with Gasteiger partial charge in [-0.05, 0) is 18.6 Å². The predicted molar refractivity (Wildman–Crippen MR) is 64.1 cm³/mol. The van der Waals surface area contributed by atoms with Crippen LogP contribution in [0.5, 0.6) is 5.88 Å². The highest BCUT2D eigenvalue weighted by Crippen LogP contribution is 2.30. The van der Waals surface area contributed by atoms with Crippen LogP contribution in [0.15, 0.2) is 6.07 Å². The molecule has 0 aliphatic rings. The fourth-order valence-corrected chi connectivity index (χ4v) is 1.67. The average molecular weight is 328 g/mol. The molecule has 124 valence electrons. The number of ether oxygens (including phenoxy) is 2. The van der Waals surface area contributed by atoms with E-state index in [0.717, 1.165) is 6.07 Å². The van der Waals surface area contributed by atoms with Crippen LogP contribution in [-0.2, 0) is 22.5 Å². The first-order valence-electron chi connectivity index (χ1n) is 6.10. The average Bonchev–Trinajstić information content (AvgIpc) is 2.36. The summed E-state index contributed by atoms with van der Waals surface area (Å²) in [5.41, 5.74) is 3.94. The molecule has 1 rings (SSSR count). The number of aromatic nitrogens is 1. The highest BCUT2D eigenvalue weighted by atomic mass is 19.4. The van der Waals surface area contributed by atoms with Crippen LogP contribution in [0.3, 0.4) is 0 Å². The SMILES string of the molecule is CCOC(=O)Cc1cc(C(F)F)nc(OC(F)(F)F)c1CN. The van der Waals surface area contributed by atoms with Crippen LogP contribution < -0.4 is 10.5 Å². The minimum absolute atomic E-state index is 0.0372. The van der Waals surface area contributed by atoms with Crippen molar-refractivity contribution in [3.8, 4) is 5.88 Å². The van der Waals surface area contributed by atoms with E-state index in [0.29, 0.717) is 0 Å². The Balaban J connectivity index is 3.30. The van der Waals surface area contributed by atoms with Crippen molar-refractivity contribution in [2.45, 2.75) is 32.7 Å². The Morgan fingerprint density at radius 1 is 1.41 bits per heavy atom. The van der Waals surface area contributed by atoms with Crippen molar-refractivity contribution in [1.29, 1.82) is 0 Å². The number of rotatable bonds is 6. The maximum Gasteiger partial charge on any atom is 0.574 e. The normalized spacial score (nSPS) is 11.6. The van der Waals surface area contributed by atoms with E-state index in [1.54, 1.807) is 0 Å². The molecule has 0 aromatic carbocycles. The zero-order valence-electron chi connectivity index (χ0n) is 11.4. The van der Waals surface area contributed by atoms with Crippen LogP contribution >= 0.6 is 0 Å². The third-order valence-electron chi connectivity index (χ3n) is 2.48. The first kappa shape index (κ1) is 18.1. The Bertz CT molecular complexity index is 534. The molecule has 0 amide bonds. The minimum atomic E-state index is -5.13. The van der Waals surface area contributed by atoms with Crippen molar-refractivity contribution in [2.24, 2.45) is 5.73 Å². The topological polar surface area (TPSA) is 74.4 Å². The number of carbonyl (C=O) groups excluding carboxylic acids is 1. The van der Waals surface area contributed by atoms with Crippen molar-refractivity contribution in [3.05, 3.63) is 22.9 Å². The number of halogens is 5. The number of hydrogen-bond acceptors (Lipinski definition) is 5. The van der Waals surface area contributed by atoms with E-state index in [1.807, 2.05) is 0 Å². The Labute approximate surface area is 122 Å². The first-order chi connectivity index (χ1) is 10.2. The number of nitrogens with two attached hydrogens (primary N) is 1. The molecule has 1 heterocycles. The summed E-state index contributed by atoms with van der Waals surface area (Å²) in [5, 5.41) is 0. The number of carbonyl (C=O) groups is 1. The lowest BCUT2D eigenvalue weighted by Gasteiger charge is -2.16. The van der Waals surface area contributed by atoms with Gasteiger partial charge < -0.3 is 15.2 Å². The molecule has 0 aliphatic heterocycles. The molecule has 0 atom stereocenters. The van der Waals surface area contributed by atoms with Gasteiger partial charge in [0.1, 0.15) is 5.69 Å². The summed E-state index contributed by atoms with van der Waals surface area (Å²) in [4.78, 5) is 14.5. The van der Waals surface area contributed by atoms with E-state index in [1.165, 1.54) is 6.92 Å². The van der Waals surface area contributed by atoms with Crippen molar-refractivity contribution in [3.63, 3.8) is 0 Å². The van der Waals surface area contributed by atoms with Gasteiger partial charge in [-0.15, -0.1) is 13.2 Å². The molecule has 0 spiro atoms. The standard InChI is InChI=1S/C12H13F5N2O3/c1-2-21-9(20)4-6-3-8(10(13)14)19-11(7(6)5-18)22-12(15,16)17/h3,10H,2,4-5,18H2,1H3. The highest BCUT2D eigenvalue weighted by molar-refractivity contribution is 5.73. The molecule has 22 heavy (non-hydrogen) atoms. The second kappa shape index (κ2) is 7.34. The van der Waals surface area contributed by atoms with Gasteiger partial charge in [-0.2, -0.15) is 0 Å². The zero-order chi connectivity index (χ0) is 16.9. The molecular formula is C12H13F5N2O3. The number of alkyl halides is 5. The van der Waals surface area contributed by atoms with E-state index in [2.05, 4.69) is 14.5 Å². The molecule has 0 saturated heterocycles. The monoisotopic (exact) mass is 328 g/mol. The fraction of sp³-hybridized carbons (Fsp3) is 0.500. The van der Waals surface area contributed by atoms with Gasteiger partial charge in [0.05, 0.1) is 13.0 Å². The maximum atomic E-state index is 12.7. The smallest absolute Gasteiger partial charge is 0.466 e. The number of pyridine rings is 1. The van der Waals surface area contributed by atoms with Gasteiger partial charge >= 0.3 is 12.3 Å². The summed E-state index contributed by atoms with van der Waals surface area (Å²) in [6.45, 7) is 1.09. The van der Waals surface area contributed by atoms with Gasteiger partial charge in [0, 0.05) is 12.1 Å². The van der Waals surface area contributed by atoms with Crippen LogP contribution in [0.2, 0.25) is 0 Å². The summed E-state index contributed by atoms with van der Waals surface area (Å²) in [6, 6.07) is 0.813. The lowest BCUT2D eigenvalue weighted by molar-refractivity contribution is -0.276. The van der Waals surface area contributed by atoms with E-state index in [-0.39, 0.29) is 17.7 Å². The Hall–Kier alpha value is -1.97. The van der Waals surface area contributed by atoms with Crippen molar-refractivity contribution in [1.82, 2.24) is 4.98 Å². The van der Waals surface area contributed by atoms with Crippen molar-refractivity contribution < 1.29 is 36.2 Å². The zero-order valence-corrected chi connectivity index (χ0v) is 11.4. The molecule has 5 nitrogen and oxygen atoms in total. The third kappa shape index (κ3) is 5.10. The van der Waals surface area contributed by atoms with E-state index in [9.17, 15) is 26.7 Å². The summed E-state index contributed by atoms with van der Waals surface area (Å²) in [7, 11) is 0. The molecule has 1 aromatic rings. The van der Waals surface area contributed by atoms with Crippen LogP contribution in [0.25, 0.3) is 0 Å². The number of esters is 1. The van der Waals surface area contributed by atoms with Gasteiger partial charge in [0.2, 0.25) is 5.88 Å². The number of nitrogens with zero attached hydrogens (tertiary/aromatic N) is 1. The highest BCUT2D eigenvalue weighted by Gasteiger charge is 2.34. The Kier molecular flexibility index (Phi) is 6.03. The predicted octanol–water partition coefficient (Wildman–Crippen LogP) is 2.48. The summed E-state index contributed by atoms with van der Waals surface area (Å²) >= 11 is 0. The quantitative estimate of drug-likeness (QED) is 0.641. The fourth-order valence-electron chi connectivity index (χ4n) is 1.67. The molecule has 0 fully saturated rings. The summed E-state index contributed by atoms with van der Waals surface area (Å²) in [6.07, 6.45) is -8.78. The van der Waals surface area contributed by atoms with Crippen molar-refractivity contribution in [2.75, 3.05) is 6.61 Å². The van der Waals surface area contributed by atoms with Crippen LogP contribution in [-0.4, -0.2) is 23.9 Å². The molecule has 0 radical (unpaired) electrons. The van der Waals surface area contributed by atoms with Crippen LogP contribution in [0.4, 0.5) is 22.0 Å². The van der Waals surface area contributed by atoms with Gasteiger partial charge in [0.15, 0.2) is 0 Å². The maximum absolute atomic E-state index is 12.7. The third-order valence-corrected chi connectivity index (χ3v) is 2.48. The van der Waals surface area contributed by atoms with Crippen molar-refractivity contribution >= 4 is 5.97 Å². The molecule has 10 heteroatoms. The van der Waals surface area contributed by atoms with E-state index in [4.69, 9.17) is 5.73 Å². The molecule has 0 unspecified atom stereocenters. The second-order valence-corrected chi connectivity index (χ2v) is 4.02. The Morgan fingerprint density at radius 2 is 2.05 bits per heavy atom. The first-order valence-corrected chi connectivity index (χ1v) is 6.10. The molecule has 2 N–H and O–H groups in total. The van der Waals surface area contributed by atoms with Gasteiger partial charge in [-0.3, -0.25) is 4.79 Å². The lowest BCUT2D eigenvalue weighted by Crippen LogP contribution is -2.21. The number of hydrogen-bond donors (Lipinski definition) is 1. The van der Waals surface area contributed by atoms with Gasteiger partial charge in [-0.1, -0.05) is 0 Å². The molecule has 0 saturated carbocycles. The lowest BCUT2D eigenvalue weighted by atomic mass is 10.1. The molecular weight excluding hydrogens is 315 g/mol. The molecule has 0 bridgehead atoms. The largest absolute Gasteiger partial charge is 0.574 e. The molecule has 0 aliphatic carbocycles. The second-order valence-electron chi connectivity index (χ2n) is 4.02. The minimum Gasteiger partial charge on any atom is -0.466 e. The van der Waals surface area contributed by atoms with E-state index >= 15 is 0 Å². The van der Waals surface area contributed by atoms with Crippen LogP contribution in [0, 0.1) is 0 Å². The van der Waals surface area contributed by atoms with Gasteiger partial charge in [-0.25, -0.2) is 13.8 Å². The Morgan fingerprint density at radius 3 is 2.50 bits per heavy atom. The summed E-state index contributed by atoms with van der Waals surface area (Å²) < 4.78 is 70.7. The van der Waals surface area contributed by atoms with Gasteiger partial charge in [0.25, 0.3) is 6.43 Å². The molecule has 1 aromatic heterocycles.